The van der Waals surface area contributed by atoms with Crippen LogP contribution in [0.3, 0.4) is 0 Å². The molecule has 84 valence electrons. The average molecular weight is 222 g/mol. The molecule has 0 aliphatic heterocycles. The highest BCUT2D eigenvalue weighted by molar-refractivity contribution is 5.68. The molecule has 0 saturated heterocycles. The summed E-state index contributed by atoms with van der Waals surface area (Å²) in [5.41, 5.74) is 4.30. The number of aryl methyl sites for hydroxylation is 1. The molecular weight excluding hydrogens is 208 g/mol. The van der Waals surface area contributed by atoms with Crippen molar-refractivity contribution in [2.45, 2.75) is 6.92 Å². The Morgan fingerprint density at radius 3 is 2.47 bits per heavy atom. The number of methoxy groups -OCH3 is 1. The van der Waals surface area contributed by atoms with Gasteiger partial charge >= 0.3 is 0 Å². The van der Waals surface area contributed by atoms with Gasteiger partial charge in [0.05, 0.1) is 12.7 Å². The Morgan fingerprint density at radius 2 is 1.82 bits per heavy atom. The van der Waals surface area contributed by atoms with Gasteiger partial charge in [0.25, 0.3) is 0 Å². The van der Waals surface area contributed by atoms with Crippen LogP contribution >= 0.6 is 0 Å². The number of benzene rings is 2. The summed E-state index contributed by atoms with van der Waals surface area (Å²) in [5.74, 6) is 3.39. The van der Waals surface area contributed by atoms with Gasteiger partial charge in [-0.15, -0.1) is 6.42 Å². The first-order valence-corrected chi connectivity index (χ1v) is 5.46. The van der Waals surface area contributed by atoms with Crippen molar-refractivity contribution >= 4 is 0 Å². The van der Waals surface area contributed by atoms with Gasteiger partial charge in [-0.25, -0.2) is 0 Å². The molecule has 0 bridgehead atoms. The van der Waals surface area contributed by atoms with E-state index in [2.05, 4.69) is 31.0 Å². The number of terminal acetylenes is 1. The van der Waals surface area contributed by atoms with Crippen molar-refractivity contribution in [2.75, 3.05) is 7.11 Å². The first kappa shape index (κ1) is 11.3. The van der Waals surface area contributed by atoms with Crippen LogP contribution in [-0.2, 0) is 0 Å². The van der Waals surface area contributed by atoms with Crippen molar-refractivity contribution in [1.82, 2.24) is 0 Å². The van der Waals surface area contributed by atoms with Crippen LogP contribution in [0, 0.1) is 19.3 Å². The summed E-state index contributed by atoms with van der Waals surface area (Å²) in [7, 11) is 1.63. The molecule has 1 heteroatoms. The van der Waals surface area contributed by atoms with Crippen molar-refractivity contribution in [3.63, 3.8) is 0 Å². The second-order valence-corrected chi connectivity index (χ2v) is 3.93. The quantitative estimate of drug-likeness (QED) is 0.705. The summed E-state index contributed by atoms with van der Waals surface area (Å²) in [4.78, 5) is 0. The zero-order valence-electron chi connectivity index (χ0n) is 10.0. The summed E-state index contributed by atoms with van der Waals surface area (Å²) in [6.07, 6.45) is 5.47. The van der Waals surface area contributed by atoms with Gasteiger partial charge in [0.15, 0.2) is 0 Å². The van der Waals surface area contributed by atoms with Crippen LogP contribution in [0.2, 0.25) is 0 Å². The van der Waals surface area contributed by atoms with E-state index < -0.39 is 0 Å². The highest BCUT2D eigenvalue weighted by Crippen LogP contribution is 2.26. The first-order chi connectivity index (χ1) is 8.24. The molecule has 0 spiro atoms. The maximum atomic E-state index is 5.47. The molecule has 0 radical (unpaired) electrons. The van der Waals surface area contributed by atoms with E-state index in [-0.39, 0.29) is 0 Å². The third-order valence-electron chi connectivity index (χ3n) is 2.71. The summed E-state index contributed by atoms with van der Waals surface area (Å²) >= 11 is 0. The maximum Gasteiger partial charge on any atom is 0.134 e. The van der Waals surface area contributed by atoms with E-state index in [4.69, 9.17) is 11.2 Å². The minimum Gasteiger partial charge on any atom is -0.495 e. The van der Waals surface area contributed by atoms with Crippen molar-refractivity contribution < 1.29 is 4.74 Å². The van der Waals surface area contributed by atoms with E-state index in [0.29, 0.717) is 0 Å². The molecule has 0 atom stereocenters. The van der Waals surface area contributed by atoms with Crippen molar-refractivity contribution in [3.8, 4) is 29.2 Å². The van der Waals surface area contributed by atoms with Crippen LogP contribution < -0.4 is 4.74 Å². The fourth-order valence-corrected chi connectivity index (χ4v) is 1.82. The summed E-state index contributed by atoms with van der Waals surface area (Å²) in [6.45, 7) is 2.08. The Balaban J connectivity index is 2.51. The standard InChI is InChI=1S/C16H14O/c1-4-13-11-15(8-9-16(13)17-3)14-7-5-6-12(2)10-14/h1,5-11H,2-3H3. The number of hydrogen-bond donors (Lipinski definition) is 0. The molecule has 1 nitrogen and oxygen atoms in total. The van der Waals surface area contributed by atoms with Gasteiger partial charge in [-0.1, -0.05) is 41.8 Å². The van der Waals surface area contributed by atoms with E-state index in [1.807, 2.05) is 24.3 Å². The van der Waals surface area contributed by atoms with E-state index in [1.165, 1.54) is 11.1 Å². The normalized spacial score (nSPS) is 9.71. The van der Waals surface area contributed by atoms with Crippen LogP contribution in [0.15, 0.2) is 42.5 Å². The molecule has 0 unspecified atom stereocenters. The van der Waals surface area contributed by atoms with Gasteiger partial charge in [0.2, 0.25) is 0 Å². The highest BCUT2D eigenvalue weighted by atomic mass is 16.5. The van der Waals surface area contributed by atoms with Gasteiger partial charge in [-0.05, 0) is 30.2 Å². The zero-order chi connectivity index (χ0) is 12.3. The number of ether oxygens (including phenoxy) is 1. The minimum atomic E-state index is 0.740. The van der Waals surface area contributed by atoms with Crippen molar-refractivity contribution in [3.05, 3.63) is 53.6 Å². The Hall–Kier alpha value is -2.20. The molecule has 0 N–H and O–H groups in total. The lowest BCUT2D eigenvalue weighted by molar-refractivity contribution is 0.413. The molecule has 2 rings (SSSR count). The molecule has 0 aliphatic rings. The Kier molecular flexibility index (Phi) is 3.16. The van der Waals surface area contributed by atoms with E-state index >= 15 is 0 Å². The molecular formula is C16H14O. The van der Waals surface area contributed by atoms with Crippen LogP contribution in [-0.4, -0.2) is 7.11 Å². The Morgan fingerprint density at radius 1 is 1.06 bits per heavy atom. The lowest BCUT2D eigenvalue weighted by atomic mass is 10.0. The second kappa shape index (κ2) is 4.76. The van der Waals surface area contributed by atoms with Crippen molar-refractivity contribution in [1.29, 1.82) is 0 Å². The van der Waals surface area contributed by atoms with E-state index in [1.54, 1.807) is 7.11 Å². The van der Waals surface area contributed by atoms with Gasteiger partial charge < -0.3 is 4.74 Å². The summed E-state index contributed by atoms with van der Waals surface area (Å²) in [6, 6.07) is 14.3. The molecule has 0 heterocycles. The van der Waals surface area contributed by atoms with Gasteiger partial charge in [-0.3, -0.25) is 0 Å². The van der Waals surface area contributed by atoms with Crippen LogP contribution in [0.25, 0.3) is 11.1 Å². The number of rotatable bonds is 2. The SMILES string of the molecule is C#Cc1cc(-c2cccc(C)c2)ccc1OC. The lowest BCUT2D eigenvalue weighted by Crippen LogP contribution is -1.88. The first-order valence-electron chi connectivity index (χ1n) is 5.46. The van der Waals surface area contributed by atoms with Gasteiger partial charge in [0.1, 0.15) is 5.75 Å². The average Bonchev–Trinajstić information content (AvgIpc) is 2.38. The Bertz CT molecular complexity index is 576. The van der Waals surface area contributed by atoms with E-state index in [0.717, 1.165) is 16.9 Å². The summed E-state index contributed by atoms with van der Waals surface area (Å²) < 4.78 is 5.21. The molecule has 0 aliphatic carbocycles. The topological polar surface area (TPSA) is 9.23 Å². The second-order valence-electron chi connectivity index (χ2n) is 3.93. The largest absolute Gasteiger partial charge is 0.495 e. The van der Waals surface area contributed by atoms with Crippen LogP contribution in [0.5, 0.6) is 5.75 Å². The molecule has 0 saturated carbocycles. The third-order valence-corrected chi connectivity index (χ3v) is 2.71. The molecule has 0 fully saturated rings. The van der Waals surface area contributed by atoms with Gasteiger partial charge in [-0.2, -0.15) is 0 Å². The smallest absolute Gasteiger partial charge is 0.134 e. The minimum absolute atomic E-state index is 0.740. The fraction of sp³-hybridized carbons (Fsp3) is 0.125. The fourth-order valence-electron chi connectivity index (χ4n) is 1.82. The predicted molar refractivity (Wildman–Crippen MR) is 71.1 cm³/mol. The maximum absolute atomic E-state index is 5.47. The van der Waals surface area contributed by atoms with Gasteiger partial charge in [0, 0.05) is 0 Å². The van der Waals surface area contributed by atoms with E-state index in [9.17, 15) is 0 Å². The highest BCUT2D eigenvalue weighted by Gasteiger charge is 2.03. The molecule has 17 heavy (non-hydrogen) atoms. The molecule has 0 amide bonds. The van der Waals surface area contributed by atoms with Crippen LogP contribution in [0.4, 0.5) is 0 Å². The molecule has 0 aromatic heterocycles. The Labute approximate surface area is 102 Å². The monoisotopic (exact) mass is 222 g/mol. The molecule has 2 aromatic rings. The van der Waals surface area contributed by atoms with Crippen molar-refractivity contribution in [2.24, 2.45) is 0 Å². The predicted octanol–water partition coefficient (Wildman–Crippen LogP) is 3.65. The lowest BCUT2D eigenvalue weighted by Gasteiger charge is -2.07. The van der Waals surface area contributed by atoms with Crippen LogP contribution in [0.1, 0.15) is 11.1 Å². The third kappa shape index (κ3) is 2.32. The number of hydrogen-bond acceptors (Lipinski definition) is 1. The molecule has 2 aromatic carbocycles. The summed E-state index contributed by atoms with van der Waals surface area (Å²) in [5, 5.41) is 0. The zero-order valence-corrected chi connectivity index (χ0v) is 10.0.